The first kappa shape index (κ1) is 38.9. The smallest absolute Gasteiger partial charge is 0.0546 e. The molecular weight excluding hydrogens is 771 g/mol. The van der Waals surface area contributed by atoms with Crippen LogP contribution in [-0.2, 0) is 5.41 Å². The van der Waals surface area contributed by atoms with Crippen LogP contribution >= 0.6 is 0 Å². The van der Waals surface area contributed by atoms with Crippen molar-refractivity contribution in [1.82, 2.24) is 0 Å². The topological polar surface area (TPSA) is 3.24 Å². The maximum Gasteiger partial charge on any atom is 0.0546 e. The Morgan fingerprint density at radius 3 is 1.33 bits per heavy atom. The van der Waals surface area contributed by atoms with E-state index >= 15 is 0 Å². The van der Waals surface area contributed by atoms with Gasteiger partial charge < -0.3 is 4.90 Å². The predicted molar refractivity (Wildman–Crippen MR) is 271 cm³/mol. The SMILES string of the molecule is CC1(C)c2ccccc2-c2c(-c3cccc(N(c4ccc(-c5ccc(-c6ccccc6)cc5)cc4)c4cccc(-c5ccccc5)c4-c4ccccc4-c4ccccc4)c3)cccc21. The highest BCUT2D eigenvalue weighted by molar-refractivity contribution is 6.02. The lowest BCUT2D eigenvalue weighted by molar-refractivity contribution is 0.660. The molecule has 1 aliphatic carbocycles. The van der Waals surface area contributed by atoms with Gasteiger partial charge >= 0.3 is 0 Å². The minimum absolute atomic E-state index is 0.0892. The van der Waals surface area contributed by atoms with E-state index in [-0.39, 0.29) is 5.41 Å². The normalized spacial score (nSPS) is 12.3. The van der Waals surface area contributed by atoms with Crippen molar-refractivity contribution < 1.29 is 0 Å². The van der Waals surface area contributed by atoms with Crippen molar-refractivity contribution in [3.8, 4) is 77.9 Å². The van der Waals surface area contributed by atoms with Crippen molar-refractivity contribution in [2.45, 2.75) is 19.3 Å². The van der Waals surface area contributed by atoms with Gasteiger partial charge in [-0.3, -0.25) is 0 Å². The quantitative estimate of drug-likeness (QED) is 0.140. The molecule has 1 aliphatic rings. The number of nitrogens with zero attached hydrogens (tertiary/aromatic N) is 1. The van der Waals surface area contributed by atoms with Crippen molar-refractivity contribution in [2.75, 3.05) is 4.90 Å². The molecule has 0 bridgehead atoms. The summed E-state index contributed by atoms with van der Waals surface area (Å²) >= 11 is 0. The monoisotopic (exact) mass is 817 g/mol. The molecule has 304 valence electrons. The van der Waals surface area contributed by atoms with Crippen molar-refractivity contribution in [2.24, 2.45) is 0 Å². The minimum atomic E-state index is -0.0892. The van der Waals surface area contributed by atoms with Crippen LogP contribution < -0.4 is 4.90 Å². The average molecular weight is 818 g/mol. The van der Waals surface area contributed by atoms with Gasteiger partial charge in [0.2, 0.25) is 0 Å². The number of fused-ring (bicyclic) bond motifs is 3. The molecule has 0 amide bonds. The maximum absolute atomic E-state index is 2.47. The Hall–Kier alpha value is -8.00. The highest BCUT2D eigenvalue weighted by Gasteiger charge is 2.36. The summed E-state index contributed by atoms with van der Waals surface area (Å²) in [5, 5.41) is 0. The van der Waals surface area contributed by atoms with Crippen molar-refractivity contribution in [3.63, 3.8) is 0 Å². The van der Waals surface area contributed by atoms with Gasteiger partial charge in [-0.1, -0.05) is 232 Å². The van der Waals surface area contributed by atoms with Crippen LogP contribution in [0.4, 0.5) is 17.1 Å². The molecule has 0 unspecified atom stereocenters. The number of rotatable bonds is 9. The molecule has 0 aliphatic heterocycles. The molecule has 10 aromatic rings. The van der Waals surface area contributed by atoms with Gasteiger partial charge in [0.15, 0.2) is 0 Å². The molecule has 0 atom stereocenters. The lowest BCUT2D eigenvalue weighted by Crippen LogP contribution is -2.14. The highest BCUT2D eigenvalue weighted by atomic mass is 15.1. The molecule has 0 spiro atoms. The van der Waals surface area contributed by atoms with E-state index in [1.54, 1.807) is 0 Å². The van der Waals surface area contributed by atoms with Crippen LogP contribution in [0.5, 0.6) is 0 Å². The third-order valence-electron chi connectivity index (χ3n) is 13.1. The lowest BCUT2D eigenvalue weighted by atomic mass is 9.82. The first-order valence-electron chi connectivity index (χ1n) is 22.3. The van der Waals surface area contributed by atoms with E-state index in [1.165, 1.54) is 89.0 Å². The van der Waals surface area contributed by atoms with Crippen LogP contribution in [0.1, 0.15) is 25.0 Å². The third kappa shape index (κ3) is 6.93. The van der Waals surface area contributed by atoms with Crippen LogP contribution in [0.25, 0.3) is 77.9 Å². The molecule has 64 heavy (non-hydrogen) atoms. The van der Waals surface area contributed by atoms with Crippen molar-refractivity contribution in [3.05, 3.63) is 260 Å². The summed E-state index contributed by atoms with van der Waals surface area (Å²) in [7, 11) is 0. The van der Waals surface area contributed by atoms with E-state index in [0.717, 1.165) is 17.1 Å². The Morgan fingerprint density at radius 2 is 0.688 bits per heavy atom. The van der Waals surface area contributed by atoms with Gasteiger partial charge in [-0.25, -0.2) is 0 Å². The zero-order valence-corrected chi connectivity index (χ0v) is 36.1. The van der Waals surface area contributed by atoms with E-state index in [2.05, 4.69) is 267 Å². The van der Waals surface area contributed by atoms with E-state index < -0.39 is 0 Å². The number of anilines is 3. The molecule has 0 saturated heterocycles. The number of benzene rings is 10. The van der Waals surface area contributed by atoms with E-state index in [4.69, 9.17) is 0 Å². The van der Waals surface area contributed by atoms with Crippen molar-refractivity contribution in [1.29, 1.82) is 0 Å². The van der Waals surface area contributed by atoms with E-state index in [9.17, 15) is 0 Å². The molecule has 0 aromatic heterocycles. The van der Waals surface area contributed by atoms with Crippen LogP contribution in [0.3, 0.4) is 0 Å². The maximum atomic E-state index is 2.47. The standard InChI is InChI=1S/C63H47N/c1-63(2)58-32-15-14-29-57(58)61-55(30-17-33-59(61)63)50-25-16-26-52(43-50)64(51-41-39-47(40-42-51)46-37-35-45(36-38-46)44-19-6-3-7-20-44)60-34-18-31-54(49-23-10-5-11-24-49)62(60)56-28-13-12-27-53(56)48-21-8-4-9-22-48/h3-43H,1-2H3. The summed E-state index contributed by atoms with van der Waals surface area (Å²) in [4.78, 5) is 2.47. The molecule has 1 nitrogen and oxygen atoms in total. The minimum Gasteiger partial charge on any atom is -0.310 e. The summed E-state index contributed by atoms with van der Waals surface area (Å²) in [5.41, 5.74) is 22.9. The molecule has 10 aromatic carbocycles. The summed E-state index contributed by atoms with van der Waals surface area (Å²) in [5.74, 6) is 0. The van der Waals surface area contributed by atoms with Gasteiger partial charge in [0.1, 0.15) is 0 Å². The molecule has 0 N–H and O–H groups in total. The number of hydrogen-bond donors (Lipinski definition) is 0. The van der Waals surface area contributed by atoms with Gasteiger partial charge in [-0.2, -0.15) is 0 Å². The summed E-state index contributed by atoms with van der Waals surface area (Å²) in [6.45, 7) is 4.71. The van der Waals surface area contributed by atoms with Gasteiger partial charge in [0.05, 0.1) is 5.69 Å². The Labute approximate surface area is 377 Å². The highest BCUT2D eigenvalue weighted by Crippen LogP contribution is 2.53. The Kier molecular flexibility index (Phi) is 9.94. The van der Waals surface area contributed by atoms with E-state index in [0.29, 0.717) is 0 Å². The third-order valence-corrected chi connectivity index (χ3v) is 13.1. The Morgan fingerprint density at radius 1 is 0.266 bits per heavy atom. The fourth-order valence-corrected chi connectivity index (χ4v) is 9.96. The summed E-state index contributed by atoms with van der Waals surface area (Å²) < 4.78 is 0. The summed E-state index contributed by atoms with van der Waals surface area (Å²) in [6.07, 6.45) is 0. The first-order valence-corrected chi connectivity index (χ1v) is 22.3. The van der Waals surface area contributed by atoms with Gasteiger partial charge in [-0.05, 0) is 114 Å². The molecule has 0 fully saturated rings. The van der Waals surface area contributed by atoms with Crippen LogP contribution in [-0.4, -0.2) is 0 Å². The molecule has 0 heterocycles. The van der Waals surface area contributed by atoms with E-state index in [1.807, 2.05) is 0 Å². The molecule has 11 rings (SSSR count). The number of hydrogen-bond acceptors (Lipinski definition) is 1. The Balaban J connectivity index is 1.12. The van der Waals surface area contributed by atoms with Crippen molar-refractivity contribution >= 4 is 17.1 Å². The largest absolute Gasteiger partial charge is 0.310 e. The zero-order chi connectivity index (χ0) is 43.0. The van der Waals surface area contributed by atoms with Gasteiger partial charge in [-0.15, -0.1) is 0 Å². The second-order valence-corrected chi connectivity index (χ2v) is 17.3. The molecular formula is C63H47N. The Bertz CT molecular complexity index is 3260. The lowest BCUT2D eigenvalue weighted by Gasteiger charge is -2.30. The molecule has 0 radical (unpaired) electrons. The van der Waals surface area contributed by atoms with Crippen LogP contribution in [0.15, 0.2) is 249 Å². The first-order chi connectivity index (χ1) is 31.5. The fraction of sp³-hybridized carbons (Fsp3) is 0.0476. The molecule has 1 heteroatoms. The summed E-state index contributed by atoms with van der Waals surface area (Å²) in [6, 6.07) is 90.8. The van der Waals surface area contributed by atoms with Gasteiger partial charge in [0, 0.05) is 22.4 Å². The second-order valence-electron chi connectivity index (χ2n) is 17.3. The molecule has 0 saturated carbocycles. The van der Waals surface area contributed by atoms with Crippen LogP contribution in [0.2, 0.25) is 0 Å². The predicted octanol–water partition coefficient (Wildman–Crippen LogP) is 17.5. The second kappa shape index (κ2) is 16.4. The fourth-order valence-electron chi connectivity index (χ4n) is 9.96. The zero-order valence-electron chi connectivity index (χ0n) is 36.1. The van der Waals surface area contributed by atoms with Crippen LogP contribution in [0, 0.1) is 0 Å². The van der Waals surface area contributed by atoms with Gasteiger partial charge in [0.25, 0.3) is 0 Å². The average Bonchev–Trinajstić information content (AvgIpc) is 3.61.